The van der Waals surface area contributed by atoms with E-state index in [0.717, 1.165) is 6.54 Å². The second kappa shape index (κ2) is 3.71. The van der Waals surface area contributed by atoms with Crippen molar-refractivity contribution in [2.75, 3.05) is 13.7 Å². The van der Waals surface area contributed by atoms with Crippen LogP contribution in [0.1, 0.15) is 24.0 Å². The first-order chi connectivity index (χ1) is 6.82. The van der Waals surface area contributed by atoms with Crippen molar-refractivity contribution in [3.05, 3.63) is 35.4 Å². The number of benzene rings is 1. The Morgan fingerprint density at radius 1 is 1.36 bits per heavy atom. The predicted molar refractivity (Wildman–Crippen MR) is 57.1 cm³/mol. The minimum atomic E-state index is 0.273. The molecule has 0 unspecified atom stereocenters. The van der Waals surface area contributed by atoms with E-state index < -0.39 is 0 Å². The number of rotatable bonds is 4. The third kappa shape index (κ3) is 1.56. The summed E-state index contributed by atoms with van der Waals surface area (Å²) in [7, 11) is 1.73. The Bertz CT molecular complexity index is 318. The summed E-state index contributed by atoms with van der Waals surface area (Å²) < 4.78 is 5.20. The molecule has 14 heavy (non-hydrogen) atoms. The van der Waals surface area contributed by atoms with Gasteiger partial charge in [0.1, 0.15) is 0 Å². The first-order valence-electron chi connectivity index (χ1n) is 5.10. The van der Waals surface area contributed by atoms with E-state index in [2.05, 4.69) is 24.3 Å². The van der Waals surface area contributed by atoms with Crippen molar-refractivity contribution in [3.8, 4) is 0 Å². The Morgan fingerprint density at radius 2 is 2.07 bits per heavy atom. The molecular weight excluding hydrogens is 174 g/mol. The minimum absolute atomic E-state index is 0.273. The summed E-state index contributed by atoms with van der Waals surface area (Å²) in [4.78, 5) is 0. The lowest BCUT2D eigenvalue weighted by Gasteiger charge is -2.17. The molecule has 0 heterocycles. The number of hydrogen-bond donors (Lipinski definition) is 1. The number of methoxy groups -OCH3 is 1. The van der Waals surface area contributed by atoms with Crippen LogP contribution in [0.2, 0.25) is 0 Å². The van der Waals surface area contributed by atoms with Gasteiger partial charge in [-0.15, -0.1) is 0 Å². The van der Waals surface area contributed by atoms with Crippen LogP contribution >= 0.6 is 0 Å². The molecule has 76 valence electrons. The van der Waals surface area contributed by atoms with Gasteiger partial charge in [-0.05, 0) is 24.0 Å². The number of ether oxygens (including phenoxy) is 1. The highest BCUT2D eigenvalue weighted by molar-refractivity contribution is 5.38. The third-order valence-electron chi connectivity index (χ3n) is 3.13. The van der Waals surface area contributed by atoms with Crippen LogP contribution in [0, 0.1) is 0 Å². The zero-order valence-corrected chi connectivity index (χ0v) is 8.62. The molecule has 0 atom stereocenters. The van der Waals surface area contributed by atoms with Crippen molar-refractivity contribution in [2.45, 2.75) is 24.9 Å². The Morgan fingerprint density at radius 3 is 2.64 bits per heavy atom. The van der Waals surface area contributed by atoms with E-state index in [1.165, 1.54) is 24.0 Å². The van der Waals surface area contributed by atoms with Crippen LogP contribution in [-0.2, 0) is 16.8 Å². The molecule has 1 saturated carbocycles. The van der Waals surface area contributed by atoms with Crippen LogP contribution in [0.5, 0.6) is 0 Å². The lowest BCUT2D eigenvalue weighted by atomic mass is 9.92. The molecule has 0 aromatic heterocycles. The van der Waals surface area contributed by atoms with Crippen LogP contribution in [0.4, 0.5) is 0 Å². The van der Waals surface area contributed by atoms with Crippen LogP contribution in [0.15, 0.2) is 24.3 Å². The molecule has 2 N–H and O–H groups in total. The Hall–Kier alpha value is -0.860. The van der Waals surface area contributed by atoms with Crippen LogP contribution in [0.25, 0.3) is 0 Å². The van der Waals surface area contributed by atoms with Crippen molar-refractivity contribution >= 4 is 0 Å². The van der Waals surface area contributed by atoms with Gasteiger partial charge in [0, 0.05) is 19.1 Å². The van der Waals surface area contributed by atoms with E-state index in [4.69, 9.17) is 10.5 Å². The molecule has 0 radical (unpaired) electrons. The topological polar surface area (TPSA) is 35.2 Å². The highest BCUT2D eigenvalue weighted by Gasteiger charge is 2.43. The van der Waals surface area contributed by atoms with Gasteiger partial charge in [0.15, 0.2) is 0 Å². The molecule has 1 aliphatic carbocycles. The van der Waals surface area contributed by atoms with Crippen molar-refractivity contribution < 1.29 is 4.74 Å². The molecule has 0 spiro atoms. The molecule has 0 saturated heterocycles. The van der Waals surface area contributed by atoms with Crippen LogP contribution in [0.3, 0.4) is 0 Å². The molecular formula is C12H17NO. The van der Waals surface area contributed by atoms with Gasteiger partial charge in [0.25, 0.3) is 0 Å². The Kier molecular flexibility index (Phi) is 2.57. The molecule has 1 aliphatic rings. The van der Waals surface area contributed by atoms with Gasteiger partial charge in [-0.25, -0.2) is 0 Å². The fraction of sp³-hybridized carbons (Fsp3) is 0.500. The SMILES string of the molecule is COCc1ccccc1C1(CN)CC1. The van der Waals surface area contributed by atoms with Gasteiger partial charge >= 0.3 is 0 Å². The fourth-order valence-electron chi connectivity index (χ4n) is 2.05. The zero-order chi connectivity index (χ0) is 10.0. The van der Waals surface area contributed by atoms with Gasteiger partial charge in [0.2, 0.25) is 0 Å². The van der Waals surface area contributed by atoms with Crippen molar-refractivity contribution in [1.82, 2.24) is 0 Å². The van der Waals surface area contributed by atoms with Crippen molar-refractivity contribution in [3.63, 3.8) is 0 Å². The highest BCUT2D eigenvalue weighted by Crippen LogP contribution is 2.48. The summed E-state index contributed by atoms with van der Waals surface area (Å²) >= 11 is 0. The molecule has 2 nitrogen and oxygen atoms in total. The average molecular weight is 191 g/mol. The van der Waals surface area contributed by atoms with E-state index in [-0.39, 0.29) is 5.41 Å². The largest absolute Gasteiger partial charge is 0.380 e. The summed E-state index contributed by atoms with van der Waals surface area (Å²) in [6.45, 7) is 1.45. The average Bonchev–Trinajstić information content (AvgIpc) is 3.00. The third-order valence-corrected chi connectivity index (χ3v) is 3.13. The van der Waals surface area contributed by atoms with E-state index in [9.17, 15) is 0 Å². The highest BCUT2D eigenvalue weighted by atomic mass is 16.5. The molecule has 0 aliphatic heterocycles. The second-order valence-electron chi connectivity index (χ2n) is 4.07. The molecule has 1 aromatic rings. The monoisotopic (exact) mass is 191 g/mol. The number of nitrogens with two attached hydrogens (primary N) is 1. The molecule has 1 fully saturated rings. The summed E-state index contributed by atoms with van der Waals surface area (Å²) in [6.07, 6.45) is 2.45. The minimum Gasteiger partial charge on any atom is -0.380 e. The first-order valence-corrected chi connectivity index (χ1v) is 5.10. The smallest absolute Gasteiger partial charge is 0.0715 e. The summed E-state index contributed by atoms with van der Waals surface area (Å²) in [5, 5.41) is 0. The molecule has 0 amide bonds. The van der Waals surface area contributed by atoms with Crippen LogP contribution < -0.4 is 5.73 Å². The predicted octanol–water partition coefficient (Wildman–Crippen LogP) is 1.82. The quantitative estimate of drug-likeness (QED) is 0.788. The maximum absolute atomic E-state index is 5.83. The van der Waals surface area contributed by atoms with Crippen molar-refractivity contribution in [1.29, 1.82) is 0 Å². The van der Waals surface area contributed by atoms with E-state index in [1.54, 1.807) is 7.11 Å². The van der Waals surface area contributed by atoms with E-state index in [0.29, 0.717) is 6.61 Å². The van der Waals surface area contributed by atoms with Gasteiger partial charge in [-0.1, -0.05) is 24.3 Å². The number of hydrogen-bond acceptors (Lipinski definition) is 2. The second-order valence-corrected chi connectivity index (χ2v) is 4.07. The summed E-state index contributed by atoms with van der Waals surface area (Å²) in [6, 6.07) is 8.47. The first kappa shape index (κ1) is 9.69. The molecule has 1 aromatic carbocycles. The fourth-order valence-corrected chi connectivity index (χ4v) is 2.05. The Balaban J connectivity index is 2.32. The maximum Gasteiger partial charge on any atom is 0.0715 e. The Labute approximate surface area is 85.1 Å². The van der Waals surface area contributed by atoms with Gasteiger partial charge in [-0.3, -0.25) is 0 Å². The zero-order valence-electron chi connectivity index (χ0n) is 8.62. The maximum atomic E-state index is 5.83. The lowest BCUT2D eigenvalue weighted by molar-refractivity contribution is 0.183. The molecule has 2 heteroatoms. The summed E-state index contributed by atoms with van der Waals surface area (Å²) in [5.74, 6) is 0. The van der Waals surface area contributed by atoms with Crippen molar-refractivity contribution in [2.24, 2.45) is 5.73 Å². The van der Waals surface area contributed by atoms with Gasteiger partial charge in [0.05, 0.1) is 6.61 Å². The molecule has 2 rings (SSSR count). The normalized spacial score (nSPS) is 18.1. The van der Waals surface area contributed by atoms with Gasteiger partial charge in [-0.2, -0.15) is 0 Å². The standard InChI is InChI=1S/C12H17NO/c1-14-8-10-4-2-3-5-11(10)12(9-13)6-7-12/h2-5H,6-9,13H2,1H3. The van der Waals surface area contributed by atoms with Crippen LogP contribution in [-0.4, -0.2) is 13.7 Å². The molecule has 0 bridgehead atoms. The lowest BCUT2D eigenvalue weighted by Crippen LogP contribution is -2.21. The van der Waals surface area contributed by atoms with E-state index in [1.807, 2.05) is 0 Å². The van der Waals surface area contributed by atoms with E-state index >= 15 is 0 Å². The summed E-state index contributed by atoms with van der Waals surface area (Å²) in [5.41, 5.74) is 8.78. The van der Waals surface area contributed by atoms with Gasteiger partial charge < -0.3 is 10.5 Å².